The number of hydrogen-bond donors (Lipinski definition) is 1. The summed E-state index contributed by atoms with van der Waals surface area (Å²) in [5, 5.41) is 11.9. The lowest BCUT2D eigenvalue weighted by Gasteiger charge is -2.29. The van der Waals surface area contributed by atoms with Gasteiger partial charge in [0.05, 0.1) is 5.73 Å². The largest absolute Gasteiger partial charge is 0.392 e. The number of benzene rings is 2. The zero-order chi connectivity index (χ0) is 12.3. The molecule has 2 aromatic rings. The molecule has 0 spiro atoms. The second-order valence-electron chi connectivity index (χ2n) is 4.90. The Morgan fingerprint density at radius 2 is 1.29 bits per heavy atom. The van der Waals surface area contributed by atoms with Gasteiger partial charge in [0.15, 0.2) is 0 Å². The molecule has 2 rings (SSSR count). The predicted molar refractivity (Wildman–Crippen MR) is 75.0 cm³/mol. The molecule has 88 valence electrons. The van der Waals surface area contributed by atoms with E-state index >= 15 is 0 Å². The Morgan fingerprint density at radius 1 is 0.824 bits per heavy atom. The molecule has 0 radical (unpaired) electrons. The molecule has 0 fully saturated rings. The average molecular weight is 242 g/mol. The zero-order valence-corrected chi connectivity index (χ0v) is 11.3. The fraction of sp³-hybridized carbons (Fsp3) is 0.200. The van der Waals surface area contributed by atoms with Crippen LogP contribution < -0.4 is 5.19 Å². The summed E-state index contributed by atoms with van der Waals surface area (Å²) in [5.41, 5.74) is 0.666. The maximum Gasteiger partial charge on any atom is 0.118 e. The van der Waals surface area contributed by atoms with Gasteiger partial charge in [0.2, 0.25) is 0 Å². The number of aliphatic hydroxyl groups excluding tert-OH is 1. The standard InChI is InChI=1S/C15H18OSi/c1-17(2,14-11-7-4-8-12-14)15(16)13-9-5-3-6-10-13/h3-12,15-16H,1-2H3. The number of rotatable bonds is 3. The Labute approximate surface area is 104 Å². The molecule has 17 heavy (non-hydrogen) atoms. The number of hydrogen-bond acceptors (Lipinski definition) is 1. The second kappa shape index (κ2) is 4.86. The Balaban J connectivity index is 2.33. The van der Waals surface area contributed by atoms with E-state index in [1.54, 1.807) is 0 Å². The van der Waals surface area contributed by atoms with Gasteiger partial charge < -0.3 is 5.11 Å². The smallest absolute Gasteiger partial charge is 0.118 e. The van der Waals surface area contributed by atoms with Crippen LogP contribution in [0.3, 0.4) is 0 Å². The van der Waals surface area contributed by atoms with Gasteiger partial charge >= 0.3 is 0 Å². The van der Waals surface area contributed by atoms with Crippen LogP contribution in [0.4, 0.5) is 0 Å². The first-order chi connectivity index (χ1) is 8.12. The van der Waals surface area contributed by atoms with E-state index in [4.69, 9.17) is 0 Å². The first kappa shape index (κ1) is 12.1. The van der Waals surface area contributed by atoms with Crippen molar-refractivity contribution < 1.29 is 5.11 Å². The van der Waals surface area contributed by atoms with E-state index in [0.717, 1.165) is 5.56 Å². The van der Waals surface area contributed by atoms with Gasteiger partial charge in [-0.1, -0.05) is 78.9 Å². The molecule has 2 aromatic carbocycles. The quantitative estimate of drug-likeness (QED) is 0.821. The van der Waals surface area contributed by atoms with E-state index in [9.17, 15) is 5.11 Å². The van der Waals surface area contributed by atoms with Crippen molar-refractivity contribution in [2.24, 2.45) is 0 Å². The third-order valence-corrected chi connectivity index (χ3v) is 6.84. The van der Waals surface area contributed by atoms with Crippen molar-refractivity contribution in [3.8, 4) is 0 Å². The predicted octanol–water partition coefficient (Wildman–Crippen LogP) is 2.87. The van der Waals surface area contributed by atoms with Crippen molar-refractivity contribution in [3.05, 3.63) is 66.2 Å². The molecule has 0 saturated carbocycles. The van der Waals surface area contributed by atoms with Crippen molar-refractivity contribution in [1.82, 2.24) is 0 Å². The molecule has 0 aliphatic rings. The first-order valence-electron chi connectivity index (χ1n) is 5.91. The molecule has 0 saturated heterocycles. The van der Waals surface area contributed by atoms with Crippen LogP contribution in [-0.4, -0.2) is 13.2 Å². The third kappa shape index (κ3) is 2.48. The molecule has 0 aromatic heterocycles. The fourth-order valence-corrected chi connectivity index (χ4v) is 4.47. The van der Waals surface area contributed by atoms with Crippen LogP contribution >= 0.6 is 0 Å². The van der Waals surface area contributed by atoms with Crippen LogP contribution in [0.1, 0.15) is 11.3 Å². The van der Waals surface area contributed by atoms with Gasteiger partial charge in [-0.3, -0.25) is 0 Å². The Hall–Kier alpha value is -1.38. The summed E-state index contributed by atoms with van der Waals surface area (Å²) in [6.07, 6.45) is 0. The van der Waals surface area contributed by atoms with Gasteiger partial charge in [0, 0.05) is 0 Å². The van der Waals surface area contributed by atoms with Crippen molar-refractivity contribution >= 4 is 13.3 Å². The minimum Gasteiger partial charge on any atom is -0.392 e. The molecular formula is C15H18OSi. The zero-order valence-electron chi connectivity index (χ0n) is 10.3. The van der Waals surface area contributed by atoms with E-state index < -0.39 is 8.07 Å². The summed E-state index contributed by atoms with van der Waals surface area (Å²) in [6, 6.07) is 20.3. The summed E-state index contributed by atoms with van der Waals surface area (Å²) in [6.45, 7) is 4.42. The summed E-state index contributed by atoms with van der Waals surface area (Å²) in [5.74, 6) is 0. The molecule has 2 heteroatoms. The topological polar surface area (TPSA) is 20.2 Å². The van der Waals surface area contributed by atoms with Crippen LogP contribution in [0.2, 0.25) is 13.1 Å². The molecule has 0 amide bonds. The average Bonchev–Trinajstić information content (AvgIpc) is 2.40. The van der Waals surface area contributed by atoms with Gasteiger partial charge in [0.25, 0.3) is 0 Å². The van der Waals surface area contributed by atoms with Crippen LogP contribution in [0.5, 0.6) is 0 Å². The molecule has 0 aliphatic heterocycles. The van der Waals surface area contributed by atoms with Crippen molar-refractivity contribution in [1.29, 1.82) is 0 Å². The molecule has 1 nitrogen and oxygen atoms in total. The van der Waals surface area contributed by atoms with Gasteiger partial charge in [-0.2, -0.15) is 0 Å². The fourth-order valence-electron chi connectivity index (χ4n) is 2.08. The highest BCUT2D eigenvalue weighted by atomic mass is 28.3. The summed E-state index contributed by atoms with van der Waals surface area (Å²) in [4.78, 5) is 0. The normalized spacial score (nSPS) is 13.4. The third-order valence-electron chi connectivity index (χ3n) is 3.32. The molecule has 0 bridgehead atoms. The van der Waals surface area contributed by atoms with E-state index in [-0.39, 0.29) is 5.73 Å². The lowest BCUT2D eigenvalue weighted by atomic mass is 10.2. The Kier molecular flexibility index (Phi) is 3.45. The highest BCUT2D eigenvalue weighted by Gasteiger charge is 2.33. The van der Waals surface area contributed by atoms with Crippen molar-refractivity contribution in [3.63, 3.8) is 0 Å². The molecule has 1 atom stereocenters. The van der Waals surface area contributed by atoms with Crippen LogP contribution in [0.25, 0.3) is 0 Å². The second-order valence-corrected chi connectivity index (χ2v) is 9.47. The summed E-state index contributed by atoms with van der Waals surface area (Å²) >= 11 is 0. The highest BCUT2D eigenvalue weighted by Crippen LogP contribution is 2.23. The van der Waals surface area contributed by atoms with Crippen LogP contribution in [0.15, 0.2) is 60.7 Å². The Morgan fingerprint density at radius 3 is 1.82 bits per heavy atom. The summed E-state index contributed by atoms with van der Waals surface area (Å²) in [7, 11) is -1.87. The minimum absolute atomic E-state index is 0.355. The highest BCUT2D eigenvalue weighted by molar-refractivity contribution is 6.90. The molecule has 0 heterocycles. The van der Waals surface area contributed by atoms with Crippen LogP contribution in [0, 0.1) is 0 Å². The van der Waals surface area contributed by atoms with Gasteiger partial charge in [-0.25, -0.2) is 0 Å². The lowest BCUT2D eigenvalue weighted by molar-refractivity contribution is 0.251. The molecule has 1 unspecified atom stereocenters. The summed E-state index contributed by atoms with van der Waals surface area (Å²) < 4.78 is 0. The molecule has 1 N–H and O–H groups in total. The van der Waals surface area contributed by atoms with E-state index in [1.807, 2.05) is 48.5 Å². The number of aliphatic hydroxyl groups is 1. The van der Waals surface area contributed by atoms with Crippen LogP contribution in [-0.2, 0) is 0 Å². The lowest BCUT2D eigenvalue weighted by Crippen LogP contribution is -2.47. The SMILES string of the molecule is C[Si](C)(c1ccccc1)C(O)c1ccccc1. The first-order valence-corrected chi connectivity index (χ1v) is 8.98. The maximum absolute atomic E-state index is 10.6. The molecular weight excluding hydrogens is 224 g/mol. The minimum atomic E-state index is -1.87. The maximum atomic E-state index is 10.6. The van der Waals surface area contributed by atoms with Gasteiger partial charge in [-0.15, -0.1) is 0 Å². The van der Waals surface area contributed by atoms with E-state index in [0.29, 0.717) is 0 Å². The van der Waals surface area contributed by atoms with Gasteiger partial charge in [0.1, 0.15) is 8.07 Å². The molecule has 0 aliphatic carbocycles. The monoisotopic (exact) mass is 242 g/mol. The van der Waals surface area contributed by atoms with Gasteiger partial charge in [-0.05, 0) is 5.56 Å². The van der Waals surface area contributed by atoms with Crippen molar-refractivity contribution in [2.45, 2.75) is 18.8 Å². The van der Waals surface area contributed by atoms with E-state index in [2.05, 4.69) is 25.2 Å². The van der Waals surface area contributed by atoms with Crippen molar-refractivity contribution in [2.75, 3.05) is 0 Å². The van der Waals surface area contributed by atoms with E-state index in [1.165, 1.54) is 5.19 Å². The Bertz CT molecular complexity index is 465.